The molecule has 3 heteroatoms. The summed E-state index contributed by atoms with van der Waals surface area (Å²) in [4.78, 5) is 10.6. The lowest BCUT2D eigenvalue weighted by Gasteiger charge is -2.00. The number of unbranched alkanes of at least 4 members (excludes halogenated alkanes) is 6. The number of rotatable bonds is 11. The van der Waals surface area contributed by atoms with Gasteiger partial charge in [0, 0.05) is 5.88 Å². The largest absolute Gasteiger partial charge is 0.295 e. The van der Waals surface area contributed by atoms with E-state index in [1.807, 2.05) is 0 Å². The molecule has 104 valence electrons. The van der Waals surface area contributed by atoms with Crippen molar-refractivity contribution in [1.29, 1.82) is 0 Å². The van der Waals surface area contributed by atoms with Gasteiger partial charge in [-0.3, -0.25) is 4.79 Å². The SMILES string of the molecule is CC(=O)/C=C/C=C(/F)CCCCCCCCCCl. The molecule has 0 saturated carbocycles. The average Bonchev–Trinajstić information content (AvgIpc) is 2.32. The van der Waals surface area contributed by atoms with Crippen molar-refractivity contribution >= 4 is 17.4 Å². The van der Waals surface area contributed by atoms with Gasteiger partial charge in [-0.2, -0.15) is 0 Å². The summed E-state index contributed by atoms with van der Waals surface area (Å²) in [5.41, 5.74) is 0. The summed E-state index contributed by atoms with van der Waals surface area (Å²) in [6.45, 7) is 1.45. The van der Waals surface area contributed by atoms with Crippen LogP contribution in [0.25, 0.3) is 0 Å². The van der Waals surface area contributed by atoms with E-state index in [1.54, 1.807) is 0 Å². The van der Waals surface area contributed by atoms with E-state index in [-0.39, 0.29) is 11.6 Å². The molecule has 0 heterocycles. The summed E-state index contributed by atoms with van der Waals surface area (Å²) in [6, 6.07) is 0. The first kappa shape index (κ1) is 17.4. The molecule has 0 aromatic carbocycles. The van der Waals surface area contributed by atoms with Crippen LogP contribution in [0.2, 0.25) is 0 Å². The molecule has 0 aromatic heterocycles. The molecule has 0 aromatic rings. The third-order valence-corrected chi connectivity index (χ3v) is 2.92. The summed E-state index contributed by atoms with van der Waals surface area (Å²) >= 11 is 5.59. The second-order valence-corrected chi connectivity index (χ2v) is 4.88. The van der Waals surface area contributed by atoms with E-state index in [0.29, 0.717) is 6.42 Å². The van der Waals surface area contributed by atoms with Crippen LogP contribution >= 0.6 is 11.6 Å². The van der Waals surface area contributed by atoms with Crippen LogP contribution in [-0.2, 0) is 4.79 Å². The van der Waals surface area contributed by atoms with Gasteiger partial charge in [-0.25, -0.2) is 4.39 Å². The smallest absolute Gasteiger partial charge is 0.152 e. The maximum absolute atomic E-state index is 13.2. The van der Waals surface area contributed by atoms with Gasteiger partial charge in [0.05, 0.1) is 5.83 Å². The third kappa shape index (κ3) is 13.4. The van der Waals surface area contributed by atoms with E-state index in [4.69, 9.17) is 11.6 Å². The highest BCUT2D eigenvalue weighted by Crippen LogP contribution is 2.13. The number of carbonyl (C=O) groups excluding carboxylic acids is 1. The van der Waals surface area contributed by atoms with Crippen molar-refractivity contribution in [2.75, 3.05) is 5.88 Å². The van der Waals surface area contributed by atoms with Gasteiger partial charge in [-0.05, 0) is 38.3 Å². The van der Waals surface area contributed by atoms with Crippen LogP contribution in [0, 0.1) is 0 Å². The third-order valence-electron chi connectivity index (χ3n) is 2.66. The molecule has 0 aliphatic rings. The maximum Gasteiger partial charge on any atom is 0.152 e. The molecule has 0 N–H and O–H groups in total. The molecule has 18 heavy (non-hydrogen) atoms. The molecule has 0 bridgehead atoms. The first-order chi connectivity index (χ1) is 8.66. The molecule has 0 unspecified atom stereocenters. The van der Waals surface area contributed by atoms with Crippen molar-refractivity contribution in [2.45, 2.75) is 58.3 Å². The molecular formula is C15H24ClFO. The number of carbonyl (C=O) groups is 1. The quantitative estimate of drug-likeness (QED) is 0.215. The molecule has 0 atom stereocenters. The first-order valence-electron chi connectivity index (χ1n) is 6.76. The van der Waals surface area contributed by atoms with Gasteiger partial charge >= 0.3 is 0 Å². The minimum atomic E-state index is -0.144. The fourth-order valence-corrected chi connectivity index (χ4v) is 1.83. The Morgan fingerprint density at radius 3 is 2.17 bits per heavy atom. The van der Waals surface area contributed by atoms with E-state index in [2.05, 4.69) is 0 Å². The minimum Gasteiger partial charge on any atom is -0.295 e. The molecule has 0 aliphatic heterocycles. The summed E-state index contributed by atoms with van der Waals surface area (Å²) in [5.74, 6) is 0.551. The Morgan fingerprint density at radius 2 is 1.61 bits per heavy atom. The monoisotopic (exact) mass is 274 g/mol. The molecule has 0 spiro atoms. The number of hydrogen-bond acceptors (Lipinski definition) is 1. The molecule has 0 saturated heterocycles. The molecule has 0 radical (unpaired) electrons. The van der Waals surface area contributed by atoms with Crippen molar-refractivity contribution < 1.29 is 9.18 Å². The summed E-state index contributed by atoms with van der Waals surface area (Å²) < 4.78 is 13.2. The molecule has 1 nitrogen and oxygen atoms in total. The second-order valence-electron chi connectivity index (χ2n) is 4.50. The maximum atomic E-state index is 13.2. The minimum absolute atomic E-state index is 0.0593. The van der Waals surface area contributed by atoms with Crippen LogP contribution in [0.15, 0.2) is 24.1 Å². The first-order valence-corrected chi connectivity index (χ1v) is 7.29. The van der Waals surface area contributed by atoms with E-state index < -0.39 is 0 Å². The molecule has 0 rings (SSSR count). The number of allylic oxidation sites excluding steroid dienone is 4. The average molecular weight is 275 g/mol. The molecular weight excluding hydrogens is 251 g/mol. The normalized spacial score (nSPS) is 12.3. The van der Waals surface area contributed by atoms with E-state index in [1.165, 1.54) is 50.8 Å². The fraction of sp³-hybridized carbons (Fsp3) is 0.667. The number of halogens is 2. The van der Waals surface area contributed by atoms with E-state index >= 15 is 0 Å². The Kier molecular flexibility index (Phi) is 12.4. The van der Waals surface area contributed by atoms with Crippen molar-refractivity contribution in [3.8, 4) is 0 Å². The highest BCUT2D eigenvalue weighted by Gasteiger charge is 1.95. The topological polar surface area (TPSA) is 17.1 Å². The van der Waals surface area contributed by atoms with Gasteiger partial charge in [0.15, 0.2) is 5.78 Å². The van der Waals surface area contributed by atoms with Gasteiger partial charge in [-0.15, -0.1) is 11.6 Å². The zero-order valence-corrected chi connectivity index (χ0v) is 12.0. The van der Waals surface area contributed by atoms with Crippen LogP contribution in [-0.4, -0.2) is 11.7 Å². The van der Waals surface area contributed by atoms with Gasteiger partial charge < -0.3 is 0 Å². The zero-order valence-electron chi connectivity index (χ0n) is 11.3. The second kappa shape index (κ2) is 12.8. The van der Waals surface area contributed by atoms with Crippen molar-refractivity contribution in [2.24, 2.45) is 0 Å². The van der Waals surface area contributed by atoms with Crippen LogP contribution in [0.1, 0.15) is 58.3 Å². The number of hydrogen-bond donors (Lipinski definition) is 0. The summed E-state index contributed by atoms with van der Waals surface area (Å²) in [5, 5.41) is 0. The van der Waals surface area contributed by atoms with Crippen molar-refractivity contribution in [1.82, 2.24) is 0 Å². The fourth-order valence-electron chi connectivity index (χ4n) is 1.64. The van der Waals surface area contributed by atoms with Crippen molar-refractivity contribution in [3.63, 3.8) is 0 Å². The predicted molar refractivity (Wildman–Crippen MR) is 76.7 cm³/mol. The lowest BCUT2D eigenvalue weighted by Crippen LogP contribution is -1.83. The van der Waals surface area contributed by atoms with Gasteiger partial charge in [0.1, 0.15) is 0 Å². The lowest BCUT2D eigenvalue weighted by atomic mass is 10.1. The Labute approximate surface area is 115 Å². The molecule has 0 fully saturated rings. The highest BCUT2D eigenvalue weighted by atomic mass is 35.5. The van der Waals surface area contributed by atoms with Gasteiger partial charge in [0.25, 0.3) is 0 Å². The van der Waals surface area contributed by atoms with Crippen molar-refractivity contribution in [3.05, 3.63) is 24.1 Å². The van der Waals surface area contributed by atoms with Crippen LogP contribution in [0.3, 0.4) is 0 Å². The number of alkyl halides is 1. The highest BCUT2D eigenvalue weighted by molar-refractivity contribution is 6.17. The zero-order chi connectivity index (χ0) is 13.6. The molecule has 0 amide bonds. The van der Waals surface area contributed by atoms with Gasteiger partial charge in [-0.1, -0.05) is 38.2 Å². The predicted octanol–water partition coefficient (Wildman–Crippen LogP) is 5.34. The van der Waals surface area contributed by atoms with E-state index in [0.717, 1.165) is 25.1 Å². The lowest BCUT2D eigenvalue weighted by molar-refractivity contribution is -0.112. The standard InChI is InChI=1S/C15H24ClFO/c1-14(18)10-9-12-15(17)11-7-5-3-2-4-6-8-13-16/h9-10,12H,2-8,11,13H2,1H3/b10-9+,15-12+. The Bertz CT molecular complexity index is 272. The summed E-state index contributed by atoms with van der Waals surface area (Å²) in [6.07, 6.45) is 12.6. The van der Waals surface area contributed by atoms with Gasteiger partial charge in [0.2, 0.25) is 0 Å². The van der Waals surface area contributed by atoms with E-state index in [9.17, 15) is 9.18 Å². The van der Waals surface area contributed by atoms with Crippen LogP contribution in [0.4, 0.5) is 4.39 Å². The Hall–Kier alpha value is -0.630. The molecule has 0 aliphatic carbocycles. The van der Waals surface area contributed by atoms with Crippen LogP contribution < -0.4 is 0 Å². The number of ketones is 1. The Balaban J connectivity index is 3.40. The Morgan fingerprint density at radius 1 is 1.06 bits per heavy atom. The summed E-state index contributed by atoms with van der Waals surface area (Å²) in [7, 11) is 0. The van der Waals surface area contributed by atoms with Crippen LogP contribution in [0.5, 0.6) is 0 Å².